The Hall–Kier alpha value is -0.930. The summed E-state index contributed by atoms with van der Waals surface area (Å²) in [7, 11) is 0. The summed E-state index contributed by atoms with van der Waals surface area (Å²) in [5.41, 5.74) is 1.61. The van der Waals surface area contributed by atoms with Crippen LogP contribution in [0.1, 0.15) is 51.5 Å². The molecule has 1 aliphatic carbocycles. The van der Waals surface area contributed by atoms with E-state index in [1.165, 1.54) is 35.4 Å². The summed E-state index contributed by atoms with van der Waals surface area (Å²) in [5.74, 6) is 0.887. The summed E-state index contributed by atoms with van der Waals surface area (Å²) in [5, 5.41) is 4.94. The predicted octanol–water partition coefficient (Wildman–Crippen LogP) is 4.99. The fourth-order valence-corrected chi connectivity index (χ4v) is 4.31. The molecule has 3 rings (SSSR count). The molecule has 1 heterocycles. The van der Waals surface area contributed by atoms with E-state index in [0.29, 0.717) is 11.5 Å². The Kier molecular flexibility index (Phi) is 4.32. The van der Waals surface area contributed by atoms with E-state index in [1.807, 2.05) is 11.3 Å². The van der Waals surface area contributed by atoms with E-state index in [0.717, 1.165) is 18.0 Å². The lowest BCUT2D eigenvalue weighted by atomic mass is 9.71. The van der Waals surface area contributed by atoms with Crippen molar-refractivity contribution in [2.24, 2.45) is 11.3 Å². The highest BCUT2D eigenvalue weighted by atomic mass is 32.1. The molecule has 0 unspecified atom stereocenters. The van der Waals surface area contributed by atoms with Crippen LogP contribution in [-0.2, 0) is 6.54 Å². The van der Waals surface area contributed by atoms with Crippen LogP contribution in [0.4, 0.5) is 0 Å². The average Bonchev–Trinajstić information content (AvgIpc) is 2.87. The molecule has 1 aromatic heterocycles. The number of aromatic nitrogens is 1. The molecule has 2 nitrogen and oxygen atoms in total. The molecule has 3 heteroatoms. The molecule has 0 amide bonds. The fourth-order valence-electron chi connectivity index (χ4n) is 3.39. The van der Waals surface area contributed by atoms with Crippen molar-refractivity contribution in [2.75, 3.05) is 0 Å². The summed E-state index contributed by atoms with van der Waals surface area (Å²) >= 11 is 1.82. The highest BCUT2D eigenvalue weighted by molar-refractivity contribution is 7.18. The van der Waals surface area contributed by atoms with E-state index in [2.05, 4.69) is 50.4 Å². The first-order valence-corrected chi connectivity index (χ1v) is 8.92. The van der Waals surface area contributed by atoms with Gasteiger partial charge in [0.05, 0.1) is 10.2 Å². The van der Waals surface area contributed by atoms with Crippen molar-refractivity contribution in [1.82, 2.24) is 10.3 Å². The summed E-state index contributed by atoms with van der Waals surface area (Å²) in [4.78, 5) is 4.71. The summed E-state index contributed by atoms with van der Waals surface area (Å²) in [6.45, 7) is 8.07. The maximum absolute atomic E-state index is 4.71. The van der Waals surface area contributed by atoms with E-state index >= 15 is 0 Å². The number of nitrogens with zero attached hydrogens (tertiary/aromatic N) is 1. The Morgan fingerprint density at radius 3 is 2.52 bits per heavy atom. The molecule has 0 saturated heterocycles. The van der Waals surface area contributed by atoms with Crippen LogP contribution in [0.25, 0.3) is 10.2 Å². The average molecular weight is 302 g/mol. The largest absolute Gasteiger partial charge is 0.308 e. The van der Waals surface area contributed by atoms with Crippen LogP contribution in [0, 0.1) is 11.3 Å². The molecule has 2 aromatic rings. The Balaban J connectivity index is 1.52. The highest BCUT2D eigenvalue weighted by Crippen LogP contribution is 2.37. The minimum absolute atomic E-state index is 0.470. The van der Waals surface area contributed by atoms with Gasteiger partial charge in [-0.3, -0.25) is 0 Å². The first-order chi connectivity index (χ1) is 10.0. The molecule has 21 heavy (non-hydrogen) atoms. The van der Waals surface area contributed by atoms with Crippen LogP contribution in [0.3, 0.4) is 0 Å². The van der Waals surface area contributed by atoms with Crippen LogP contribution in [0.2, 0.25) is 0 Å². The third kappa shape index (κ3) is 3.64. The van der Waals surface area contributed by atoms with Crippen LogP contribution in [-0.4, -0.2) is 11.0 Å². The van der Waals surface area contributed by atoms with Gasteiger partial charge in [-0.2, -0.15) is 0 Å². The van der Waals surface area contributed by atoms with Gasteiger partial charge in [0.25, 0.3) is 0 Å². The van der Waals surface area contributed by atoms with Crippen LogP contribution < -0.4 is 5.32 Å². The van der Waals surface area contributed by atoms with Crippen molar-refractivity contribution in [2.45, 2.75) is 59.0 Å². The normalized spacial score (nSPS) is 23.6. The van der Waals surface area contributed by atoms with E-state index in [9.17, 15) is 0 Å². The highest BCUT2D eigenvalue weighted by Gasteiger charge is 2.29. The fraction of sp³-hybridized carbons (Fsp3) is 0.611. The van der Waals surface area contributed by atoms with Gasteiger partial charge in [0.15, 0.2) is 0 Å². The van der Waals surface area contributed by atoms with Crippen molar-refractivity contribution in [3.05, 3.63) is 29.3 Å². The lowest BCUT2D eigenvalue weighted by Crippen LogP contribution is -2.35. The van der Waals surface area contributed by atoms with E-state index in [-0.39, 0.29) is 0 Å². The first-order valence-electron chi connectivity index (χ1n) is 8.10. The zero-order chi connectivity index (χ0) is 14.9. The standard InChI is InChI=1S/C18H26N2S/c1-18(2,3)13-8-10-14(11-9-13)19-12-17-20-15-6-4-5-7-16(15)21-17/h4-7,13-14,19H,8-12H2,1-3H3. The first kappa shape index (κ1) is 15.0. The van der Waals surface area contributed by atoms with Crippen molar-refractivity contribution >= 4 is 21.6 Å². The third-order valence-electron chi connectivity index (χ3n) is 4.83. The topological polar surface area (TPSA) is 24.9 Å². The second-order valence-corrected chi connectivity index (χ2v) is 8.49. The van der Waals surface area contributed by atoms with Gasteiger partial charge in [-0.25, -0.2) is 4.98 Å². The molecule has 0 aliphatic heterocycles. The summed E-state index contributed by atoms with van der Waals surface area (Å²) in [6.07, 6.45) is 5.35. The lowest BCUT2D eigenvalue weighted by Gasteiger charge is -2.37. The van der Waals surface area contributed by atoms with Crippen molar-refractivity contribution in [3.8, 4) is 0 Å². The minimum atomic E-state index is 0.470. The van der Waals surface area contributed by atoms with Crippen molar-refractivity contribution in [3.63, 3.8) is 0 Å². The molecule has 0 bridgehead atoms. The molecule has 0 radical (unpaired) electrons. The Labute approximate surface area is 132 Å². The maximum atomic E-state index is 4.71. The molecule has 1 saturated carbocycles. The Bertz CT molecular complexity index is 556. The molecular weight excluding hydrogens is 276 g/mol. The van der Waals surface area contributed by atoms with Gasteiger partial charge in [-0.15, -0.1) is 11.3 Å². The smallest absolute Gasteiger partial charge is 0.108 e. The number of hydrogen-bond acceptors (Lipinski definition) is 3. The quantitative estimate of drug-likeness (QED) is 0.864. The van der Waals surface area contributed by atoms with Crippen LogP contribution in [0.5, 0.6) is 0 Å². The van der Waals surface area contributed by atoms with Gasteiger partial charge in [-0.05, 0) is 49.1 Å². The monoisotopic (exact) mass is 302 g/mol. The molecule has 1 aromatic carbocycles. The third-order valence-corrected chi connectivity index (χ3v) is 5.87. The Morgan fingerprint density at radius 1 is 1.14 bits per heavy atom. The molecule has 1 aliphatic rings. The Morgan fingerprint density at radius 2 is 1.86 bits per heavy atom. The predicted molar refractivity (Wildman–Crippen MR) is 91.7 cm³/mol. The number of hydrogen-bond donors (Lipinski definition) is 1. The van der Waals surface area contributed by atoms with Crippen molar-refractivity contribution < 1.29 is 0 Å². The molecule has 0 atom stereocenters. The molecule has 1 fully saturated rings. The SMILES string of the molecule is CC(C)(C)C1CCC(NCc2nc3ccccc3s2)CC1. The van der Waals surface area contributed by atoms with Crippen LogP contribution in [0.15, 0.2) is 24.3 Å². The van der Waals surface area contributed by atoms with E-state index < -0.39 is 0 Å². The van der Waals surface area contributed by atoms with E-state index in [1.54, 1.807) is 0 Å². The summed E-state index contributed by atoms with van der Waals surface area (Å²) in [6, 6.07) is 9.09. The second kappa shape index (κ2) is 6.05. The van der Waals surface area contributed by atoms with E-state index in [4.69, 9.17) is 4.98 Å². The molecular formula is C18H26N2S. The van der Waals surface area contributed by atoms with Gasteiger partial charge >= 0.3 is 0 Å². The van der Waals surface area contributed by atoms with Gasteiger partial charge < -0.3 is 5.32 Å². The number of fused-ring (bicyclic) bond motifs is 1. The number of benzene rings is 1. The number of rotatable bonds is 3. The van der Waals surface area contributed by atoms with Gasteiger partial charge in [0.1, 0.15) is 5.01 Å². The molecule has 114 valence electrons. The zero-order valence-corrected chi connectivity index (χ0v) is 14.2. The molecule has 1 N–H and O–H groups in total. The van der Waals surface area contributed by atoms with Crippen LogP contribution >= 0.6 is 11.3 Å². The van der Waals surface area contributed by atoms with Gasteiger partial charge in [-0.1, -0.05) is 32.9 Å². The van der Waals surface area contributed by atoms with Gasteiger partial charge in [0, 0.05) is 12.6 Å². The van der Waals surface area contributed by atoms with Crippen molar-refractivity contribution in [1.29, 1.82) is 0 Å². The zero-order valence-electron chi connectivity index (χ0n) is 13.4. The number of para-hydroxylation sites is 1. The maximum Gasteiger partial charge on any atom is 0.108 e. The number of nitrogens with one attached hydrogen (secondary N) is 1. The van der Waals surface area contributed by atoms with Gasteiger partial charge in [0.2, 0.25) is 0 Å². The lowest BCUT2D eigenvalue weighted by molar-refractivity contribution is 0.160. The number of thiazole rings is 1. The summed E-state index contributed by atoms with van der Waals surface area (Å²) < 4.78 is 1.30. The minimum Gasteiger partial charge on any atom is -0.308 e. The second-order valence-electron chi connectivity index (χ2n) is 7.37. The molecule has 0 spiro atoms.